The standard InChI is InChI=1S/C19H22N4O2/c20-18(24)16-3-1-2-4-17(16)22-19(25)15-7-11-23(12-8-15)13-14-5-9-21-10-6-14/h1-6,9-10,15H,7-8,11-13H2,(H2,20,24)(H,22,25). The Balaban J connectivity index is 1.54. The van der Waals surface area contributed by atoms with Gasteiger partial charge in [-0.2, -0.15) is 0 Å². The van der Waals surface area contributed by atoms with Crippen molar-refractivity contribution in [3.63, 3.8) is 0 Å². The topological polar surface area (TPSA) is 88.3 Å². The number of hydrogen-bond donors (Lipinski definition) is 2. The zero-order valence-corrected chi connectivity index (χ0v) is 14.0. The number of pyridine rings is 1. The molecule has 1 aromatic heterocycles. The second-order valence-corrected chi connectivity index (χ2v) is 6.30. The molecule has 3 rings (SSSR count). The van der Waals surface area contributed by atoms with Crippen LogP contribution in [0.3, 0.4) is 0 Å². The van der Waals surface area contributed by atoms with E-state index in [0.717, 1.165) is 32.5 Å². The number of piperidine rings is 1. The molecule has 6 heteroatoms. The van der Waals surface area contributed by atoms with E-state index in [-0.39, 0.29) is 11.8 Å². The van der Waals surface area contributed by atoms with Crippen molar-refractivity contribution in [3.8, 4) is 0 Å². The molecule has 25 heavy (non-hydrogen) atoms. The van der Waals surface area contributed by atoms with Gasteiger partial charge in [-0.05, 0) is 55.8 Å². The Bertz CT molecular complexity index is 740. The number of hydrogen-bond acceptors (Lipinski definition) is 4. The molecule has 1 aliphatic rings. The van der Waals surface area contributed by atoms with Crippen LogP contribution in [-0.2, 0) is 11.3 Å². The third kappa shape index (κ3) is 4.42. The molecule has 1 fully saturated rings. The maximum absolute atomic E-state index is 12.5. The van der Waals surface area contributed by atoms with Gasteiger partial charge in [0.1, 0.15) is 0 Å². The van der Waals surface area contributed by atoms with E-state index in [0.29, 0.717) is 11.3 Å². The highest BCUT2D eigenvalue weighted by molar-refractivity contribution is 6.03. The van der Waals surface area contributed by atoms with Gasteiger partial charge < -0.3 is 11.1 Å². The average molecular weight is 338 g/mol. The van der Waals surface area contributed by atoms with Crippen LogP contribution >= 0.6 is 0 Å². The maximum Gasteiger partial charge on any atom is 0.250 e. The third-order valence-corrected chi connectivity index (χ3v) is 4.56. The summed E-state index contributed by atoms with van der Waals surface area (Å²) in [6, 6.07) is 10.9. The molecule has 3 N–H and O–H groups in total. The van der Waals surface area contributed by atoms with Crippen LogP contribution in [0.15, 0.2) is 48.8 Å². The fourth-order valence-electron chi connectivity index (χ4n) is 3.14. The lowest BCUT2D eigenvalue weighted by molar-refractivity contribution is -0.121. The second kappa shape index (κ2) is 7.90. The van der Waals surface area contributed by atoms with Crippen LogP contribution < -0.4 is 11.1 Å². The summed E-state index contributed by atoms with van der Waals surface area (Å²) in [5, 5.41) is 2.86. The molecule has 0 saturated carbocycles. The molecular weight excluding hydrogens is 316 g/mol. The smallest absolute Gasteiger partial charge is 0.250 e. The molecule has 1 saturated heterocycles. The number of rotatable bonds is 5. The first-order valence-corrected chi connectivity index (χ1v) is 8.44. The summed E-state index contributed by atoms with van der Waals surface area (Å²) in [6.45, 7) is 2.62. The summed E-state index contributed by atoms with van der Waals surface area (Å²) in [5.41, 5.74) is 7.41. The Kier molecular flexibility index (Phi) is 5.40. The number of nitrogens with two attached hydrogens (primary N) is 1. The number of carbonyl (C=O) groups excluding carboxylic acids is 2. The summed E-state index contributed by atoms with van der Waals surface area (Å²) >= 11 is 0. The van der Waals surface area contributed by atoms with E-state index < -0.39 is 5.91 Å². The van der Waals surface area contributed by atoms with E-state index in [2.05, 4.69) is 15.2 Å². The van der Waals surface area contributed by atoms with Crippen molar-refractivity contribution in [1.29, 1.82) is 0 Å². The lowest BCUT2D eigenvalue weighted by Crippen LogP contribution is -2.38. The number of likely N-dealkylation sites (tertiary alicyclic amines) is 1. The molecule has 1 aromatic carbocycles. The minimum atomic E-state index is -0.539. The molecule has 0 bridgehead atoms. The molecule has 0 unspecified atom stereocenters. The first-order chi connectivity index (χ1) is 12.1. The summed E-state index contributed by atoms with van der Waals surface area (Å²) in [5.74, 6) is -0.630. The van der Waals surface area contributed by atoms with Crippen LogP contribution in [0, 0.1) is 5.92 Å². The molecule has 2 amide bonds. The van der Waals surface area contributed by atoms with Crippen LogP contribution in [0.4, 0.5) is 5.69 Å². The highest BCUT2D eigenvalue weighted by Crippen LogP contribution is 2.22. The van der Waals surface area contributed by atoms with Crippen molar-refractivity contribution in [2.75, 3.05) is 18.4 Å². The van der Waals surface area contributed by atoms with Crippen LogP contribution in [0.2, 0.25) is 0 Å². The number of aromatic nitrogens is 1. The third-order valence-electron chi connectivity index (χ3n) is 4.56. The van der Waals surface area contributed by atoms with Crippen molar-refractivity contribution in [2.45, 2.75) is 19.4 Å². The second-order valence-electron chi connectivity index (χ2n) is 6.30. The highest BCUT2D eigenvalue weighted by atomic mass is 16.2. The fourth-order valence-corrected chi connectivity index (χ4v) is 3.14. The number of nitrogens with one attached hydrogen (secondary N) is 1. The van der Waals surface area contributed by atoms with E-state index >= 15 is 0 Å². The van der Waals surface area contributed by atoms with Gasteiger partial charge in [-0.1, -0.05) is 12.1 Å². The zero-order chi connectivity index (χ0) is 17.6. The summed E-state index contributed by atoms with van der Waals surface area (Å²) < 4.78 is 0. The summed E-state index contributed by atoms with van der Waals surface area (Å²) in [6.07, 6.45) is 5.20. The van der Waals surface area contributed by atoms with Gasteiger partial charge in [0.25, 0.3) is 5.91 Å². The lowest BCUT2D eigenvalue weighted by atomic mass is 9.95. The number of amides is 2. The minimum Gasteiger partial charge on any atom is -0.366 e. The van der Waals surface area contributed by atoms with Crippen LogP contribution in [0.25, 0.3) is 0 Å². The molecule has 0 radical (unpaired) electrons. The molecule has 0 atom stereocenters. The van der Waals surface area contributed by atoms with E-state index in [4.69, 9.17) is 5.73 Å². The summed E-state index contributed by atoms with van der Waals surface area (Å²) in [7, 11) is 0. The Morgan fingerprint density at radius 2 is 1.80 bits per heavy atom. The van der Waals surface area contributed by atoms with Gasteiger partial charge in [-0.25, -0.2) is 0 Å². The number of benzene rings is 1. The van der Waals surface area contributed by atoms with Crippen LogP contribution in [0.5, 0.6) is 0 Å². The average Bonchev–Trinajstić information content (AvgIpc) is 2.63. The van der Waals surface area contributed by atoms with Crippen LogP contribution in [0.1, 0.15) is 28.8 Å². The lowest BCUT2D eigenvalue weighted by Gasteiger charge is -2.31. The largest absolute Gasteiger partial charge is 0.366 e. The van der Waals surface area contributed by atoms with E-state index in [9.17, 15) is 9.59 Å². The number of carbonyl (C=O) groups is 2. The van der Waals surface area contributed by atoms with Gasteiger partial charge >= 0.3 is 0 Å². The molecule has 2 heterocycles. The summed E-state index contributed by atoms with van der Waals surface area (Å²) in [4.78, 5) is 30.3. The van der Waals surface area contributed by atoms with Crippen molar-refractivity contribution in [3.05, 3.63) is 59.9 Å². The minimum absolute atomic E-state index is 0.0442. The van der Waals surface area contributed by atoms with E-state index in [1.165, 1.54) is 5.56 Å². The van der Waals surface area contributed by atoms with Crippen molar-refractivity contribution in [2.24, 2.45) is 11.7 Å². The monoisotopic (exact) mass is 338 g/mol. The van der Waals surface area contributed by atoms with Crippen molar-refractivity contribution >= 4 is 17.5 Å². The van der Waals surface area contributed by atoms with Gasteiger partial charge in [0.05, 0.1) is 11.3 Å². The van der Waals surface area contributed by atoms with Crippen molar-refractivity contribution < 1.29 is 9.59 Å². The Hall–Kier alpha value is -2.73. The fraction of sp³-hybridized carbons (Fsp3) is 0.316. The quantitative estimate of drug-likeness (QED) is 0.873. The predicted molar refractivity (Wildman–Crippen MR) is 95.8 cm³/mol. The predicted octanol–water partition coefficient (Wildman–Crippen LogP) is 2.03. The normalized spacial score (nSPS) is 15.7. The Morgan fingerprint density at radius 1 is 1.12 bits per heavy atom. The first-order valence-electron chi connectivity index (χ1n) is 8.44. The van der Waals surface area contributed by atoms with E-state index in [1.54, 1.807) is 36.7 Å². The molecular formula is C19H22N4O2. The van der Waals surface area contributed by atoms with Gasteiger partial charge in [-0.3, -0.25) is 19.5 Å². The number of anilines is 1. The molecule has 0 aliphatic carbocycles. The van der Waals surface area contributed by atoms with Gasteiger partial charge in [0, 0.05) is 24.9 Å². The number of nitrogens with zero attached hydrogens (tertiary/aromatic N) is 2. The Labute approximate surface area is 147 Å². The first kappa shape index (κ1) is 17.1. The SMILES string of the molecule is NC(=O)c1ccccc1NC(=O)C1CCN(Cc2ccncc2)CC1. The van der Waals surface area contributed by atoms with Crippen molar-refractivity contribution in [1.82, 2.24) is 9.88 Å². The van der Waals surface area contributed by atoms with Gasteiger partial charge in [0.2, 0.25) is 5.91 Å². The van der Waals surface area contributed by atoms with E-state index in [1.807, 2.05) is 12.1 Å². The molecule has 0 spiro atoms. The molecule has 1 aliphatic heterocycles. The number of primary amides is 1. The van der Waals surface area contributed by atoms with Gasteiger partial charge in [0.15, 0.2) is 0 Å². The maximum atomic E-state index is 12.5. The van der Waals surface area contributed by atoms with Crippen LogP contribution in [-0.4, -0.2) is 34.8 Å². The van der Waals surface area contributed by atoms with Gasteiger partial charge in [-0.15, -0.1) is 0 Å². The zero-order valence-electron chi connectivity index (χ0n) is 14.0. The Morgan fingerprint density at radius 3 is 2.48 bits per heavy atom. The molecule has 130 valence electrons. The highest BCUT2D eigenvalue weighted by Gasteiger charge is 2.25. The molecule has 2 aromatic rings. The molecule has 6 nitrogen and oxygen atoms in total. The number of para-hydroxylation sites is 1.